The third-order valence-corrected chi connectivity index (χ3v) is 5.94. The Labute approximate surface area is 129 Å². The van der Waals surface area contributed by atoms with Crippen molar-refractivity contribution in [1.29, 1.82) is 0 Å². The highest BCUT2D eigenvalue weighted by Gasteiger charge is 2.39. The van der Waals surface area contributed by atoms with Gasteiger partial charge in [-0.1, -0.05) is 20.3 Å². The molecule has 2 bridgehead atoms. The van der Waals surface area contributed by atoms with Crippen LogP contribution in [0.2, 0.25) is 0 Å². The van der Waals surface area contributed by atoms with Gasteiger partial charge in [-0.15, -0.1) is 0 Å². The van der Waals surface area contributed by atoms with Crippen molar-refractivity contribution in [2.24, 2.45) is 23.5 Å². The Morgan fingerprint density at radius 2 is 2.10 bits per heavy atom. The number of fused-ring (bicyclic) bond motifs is 2. The highest BCUT2D eigenvalue weighted by atomic mass is 15.3. The Morgan fingerprint density at radius 1 is 1.29 bits per heavy atom. The summed E-state index contributed by atoms with van der Waals surface area (Å²) in [7, 11) is 0. The monoisotopic (exact) mass is 289 g/mol. The highest BCUT2D eigenvalue weighted by molar-refractivity contribution is 5.03. The summed E-state index contributed by atoms with van der Waals surface area (Å²) < 4.78 is 2.14. The van der Waals surface area contributed by atoms with E-state index < -0.39 is 0 Å². The second kappa shape index (κ2) is 6.51. The molecule has 1 heterocycles. The van der Waals surface area contributed by atoms with Crippen LogP contribution in [0.15, 0.2) is 12.3 Å². The quantitative estimate of drug-likeness (QED) is 0.826. The summed E-state index contributed by atoms with van der Waals surface area (Å²) in [6.07, 6.45) is 12.5. The number of rotatable bonds is 7. The first-order chi connectivity index (χ1) is 10.2. The van der Waals surface area contributed by atoms with E-state index in [0.29, 0.717) is 12.1 Å². The molecule has 3 heteroatoms. The Balaban J connectivity index is 1.51. The zero-order chi connectivity index (χ0) is 14.8. The smallest absolute Gasteiger partial charge is 0.0640 e. The first-order valence-electron chi connectivity index (χ1n) is 8.99. The third-order valence-electron chi connectivity index (χ3n) is 5.94. The standard InChI is InChI=1S/C18H31N3/c1-3-18(4-2)21-8-7-17(20-21)12-16(19)11-15-10-13-5-6-14(15)9-13/h7-8,13-16,18H,3-6,9-12,19H2,1-2H3. The molecule has 2 N–H and O–H groups in total. The van der Waals surface area contributed by atoms with E-state index in [-0.39, 0.29) is 0 Å². The van der Waals surface area contributed by atoms with Crippen LogP contribution in [0.1, 0.15) is 70.5 Å². The molecule has 118 valence electrons. The number of aromatic nitrogens is 2. The van der Waals surface area contributed by atoms with Crippen molar-refractivity contribution in [1.82, 2.24) is 9.78 Å². The average molecular weight is 289 g/mol. The second-order valence-electron chi connectivity index (χ2n) is 7.39. The SMILES string of the molecule is CCC(CC)n1ccc(CC(N)CC2CC3CCC2C3)n1. The molecular formula is C18H31N3. The van der Waals surface area contributed by atoms with E-state index in [0.717, 1.165) is 37.0 Å². The summed E-state index contributed by atoms with van der Waals surface area (Å²) in [6, 6.07) is 3.00. The zero-order valence-corrected chi connectivity index (χ0v) is 13.7. The van der Waals surface area contributed by atoms with E-state index in [1.807, 2.05) is 0 Å². The van der Waals surface area contributed by atoms with E-state index in [2.05, 4.69) is 30.8 Å². The van der Waals surface area contributed by atoms with Gasteiger partial charge >= 0.3 is 0 Å². The molecule has 0 spiro atoms. The van der Waals surface area contributed by atoms with Crippen LogP contribution in [-0.2, 0) is 6.42 Å². The summed E-state index contributed by atoms with van der Waals surface area (Å²) in [5, 5.41) is 4.75. The number of nitrogens with two attached hydrogens (primary N) is 1. The van der Waals surface area contributed by atoms with Gasteiger partial charge < -0.3 is 5.73 Å². The minimum Gasteiger partial charge on any atom is -0.327 e. The van der Waals surface area contributed by atoms with Gasteiger partial charge in [-0.3, -0.25) is 4.68 Å². The Bertz CT molecular complexity index is 449. The van der Waals surface area contributed by atoms with Crippen LogP contribution >= 0.6 is 0 Å². The lowest BCUT2D eigenvalue weighted by Crippen LogP contribution is -2.28. The van der Waals surface area contributed by atoms with Gasteiger partial charge in [0.05, 0.1) is 11.7 Å². The van der Waals surface area contributed by atoms with Crippen LogP contribution in [0.4, 0.5) is 0 Å². The maximum Gasteiger partial charge on any atom is 0.0640 e. The fourth-order valence-corrected chi connectivity index (χ4v) is 4.76. The van der Waals surface area contributed by atoms with Crippen molar-refractivity contribution >= 4 is 0 Å². The van der Waals surface area contributed by atoms with E-state index in [4.69, 9.17) is 10.8 Å². The van der Waals surface area contributed by atoms with Crippen LogP contribution in [0, 0.1) is 17.8 Å². The van der Waals surface area contributed by atoms with Gasteiger partial charge in [-0.2, -0.15) is 5.10 Å². The first-order valence-corrected chi connectivity index (χ1v) is 8.99. The zero-order valence-electron chi connectivity index (χ0n) is 13.7. The molecular weight excluding hydrogens is 258 g/mol. The van der Waals surface area contributed by atoms with Crippen molar-refractivity contribution in [3.63, 3.8) is 0 Å². The fraction of sp³-hybridized carbons (Fsp3) is 0.833. The van der Waals surface area contributed by atoms with Crippen LogP contribution in [0.25, 0.3) is 0 Å². The summed E-state index contributed by atoms with van der Waals surface area (Å²) in [4.78, 5) is 0. The van der Waals surface area contributed by atoms with E-state index in [1.54, 1.807) is 0 Å². The fourth-order valence-electron chi connectivity index (χ4n) is 4.76. The molecule has 1 aromatic heterocycles. The molecule has 0 amide bonds. The summed E-state index contributed by atoms with van der Waals surface area (Å²) in [6.45, 7) is 4.47. The molecule has 2 aliphatic carbocycles. The number of hydrogen-bond donors (Lipinski definition) is 1. The normalized spacial score (nSPS) is 29.4. The predicted molar refractivity (Wildman–Crippen MR) is 87.1 cm³/mol. The van der Waals surface area contributed by atoms with Crippen molar-refractivity contribution in [2.75, 3.05) is 0 Å². The Hall–Kier alpha value is -0.830. The summed E-state index contributed by atoms with van der Waals surface area (Å²) >= 11 is 0. The summed E-state index contributed by atoms with van der Waals surface area (Å²) in [5.74, 6) is 2.92. The Morgan fingerprint density at radius 3 is 2.71 bits per heavy atom. The first kappa shape index (κ1) is 15.1. The van der Waals surface area contributed by atoms with Crippen LogP contribution in [-0.4, -0.2) is 15.8 Å². The molecule has 2 aliphatic rings. The van der Waals surface area contributed by atoms with E-state index >= 15 is 0 Å². The van der Waals surface area contributed by atoms with Gasteiger partial charge in [0, 0.05) is 18.7 Å². The molecule has 0 radical (unpaired) electrons. The molecule has 1 aromatic rings. The van der Waals surface area contributed by atoms with Gasteiger partial charge in [0.15, 0.2) is 0 Å². The number of hydrogen-bond acceptors (Lipinski definition) is 2. The molecule has 3 rings (SSSR count). The lowest BCUT2D eigenvalue weighted by molar-refractivity contribution is 0.293. The molecule has 2 saturated carbocycles. The third kappa shape index (κ3) is 3.33. The lowest BCUT2D eigenvalue weighted by atomic mass is 9.83. The number of nitrogens with zero attached hydrogens (tertiary/aromatic N) is 2. The van der Waals surface area contributed by atoms with Gasteiger partial charge in [0.1, 0.15) is 0 Å². The van der Waals surface area contributed by atoms with Gasteiger partial charge in [0.25, 0.3) is 0 Å². The molecule has 21 heavy (non-hydrogen) atoms. The maximum atomic E-state index is 6.42. The highest BCUT2D eigenvalue weighted by Crippen LogP contribution is 2.49. The Kier molecular flexibility index (Phi) is 4.68. The molecule has 3 nitrogen and oxygen atoms in total. The summed E-state index contributed by atoms with van der Waals surface area (Å²) in [5.41, 5.74) is 7.60. The minimum absolute atomic E-state index is 0.291. The van der Waals surface area contributed by atoms with Crippen LogP contribution < -0.4 is 5.73 Å². The van der Waals surface area contributed by atoms with Gasteiger partial charge in [-0.25, -0.2) is 0 Å². The van der Waals surface area contributed by atoms with E-state index in [1.165, 1.54) is 37.8 Å². The van der Waals surface area contributed by atoms with Gasteiger partial charge in [0.2, 0.25) is 0 Å². The lowest BCUT2D eigenvalue weighted by Gasteiger charge is -2.24. The second-order valence-corrected chi connectivity index (χ2v) is 7.39. The topological polar surface area (TPSA) is 43.8 Å². The largest absolute Gasteiger partial charge is 0.327 e. The van der Waals surface area contributed by atoms with Crippen molar-refractivity contribution in [2.45, 2.75) is 77.3 Å². The van der Waals surface area contributed by atoms with Crippen molar-refractivity contribution in [3.05, 3.63) is 18.0 Å². The molecule has 0 saturated heterocycles. The molecule has 0 aliphatic heterocycles. The van der Waals surface area contributed by atoms with Crippen molar-refractivity contribution < 1.29 is 0 Å². The minimum atomic E-state index is 0.291. The van der Waals surface area contributed by atoms with E-state index in [9.17, 15) is 0 Å². The maximum absolute atomic E-state index is 6.42. The van der Waals surface area contributed by atoms with Crippen molar-refractivity contribution in [3.8, 4) is 0 Å². The van der Waals surface area contributed by atoms with Crippen LogP contribution in [0.3, 0.4) is 0 Å². The molecule has 4 atom stereocenters. The average Bonchev–Trinajstić information content (AvgIpc) is 3.17. The van der Waals surface area contributed by atoms with Gasteiger partial charge in [-0.05, 0) is 62.3 Å². The molecule has 2 fully saturated rings. The molecule has 4 unspecified atom stereocenters. The molecule has 0 aromatic carbocycles. The van der Waals surface area contributed by atoms with Crippen LogP contribution in [0.5, 0.6) is 0 Å². The predicted octanol–water partition coefficient (Wildman–Crippen LogP) is 3.94.